The van der Waals surface area contributed by atoms with Gasteiger partial charge in [0.1, 0.15) is 6.04 Å². The summed E-state index contributed by atoms with van der Waals surface area (Å²) >= 11 is 1.14. The lowest BCUT2D eigenvalue weighted by atomic mass is 10.0. The average molecular weight is 568 g/mol. The average Bonchev–Trinajstić information content (AvgIpc) is 2.94. The van der Waals surface area contributed by atoms with Crippen LogP contribution in [-0.4, -0.2) is 71.1 Å². The van der Waals surface area contributed by atoms with E-state index in [0.717, 1.165) is 23.0 Å². The molecule has 3 amide bonds. The molecule has 0 saturated carbocycles. The third-order valence-corrected chi connectivity index (χ3v) is 6.79. The van der Waals surface area contributed by atoms with Crippen molar-refractivity contribution in [1.29, 1.82) is 0 Å². The van der Waals surface area contributed by atoms with E-state index in [0.29, 0.717) is 43.8 Å². The Bertz CT molecular complexity index is 1190. The number of carbonyl (C=O) groups excluding carboxylic acids is 3. The summed E-state index contributed by atoms with van der Waals surface area (Å²) in [5.41, 5.74) is 2.50. The highest BCUT2D eigenvalue weighted by Gasteiger charge is 2.24. The highest BCUT2D eigenvalue weighted by Crippen LogP contribution is 2.14. The van der Waals surface area contributed by atoms with E-state index in [1.54, 1.807) is 24.1 Å². The smallest absolute Gasteiger partial charge is 0.318 e. The second-order valence-corrected chi connectivity index (χ2v) is 10.2. The highest BCUT2D eigenvalue weighted by molar-refractivity contribution is 8.13. The fraction of sp³-hybridized carbons (Fsp3) is 0.379. The van der Waals surface area contributed by atoms with Crippen LogP contribution in [0.3, 0.4) is 0 Å². The van der Waals surface area contributed by atoms with Crippen molar-refractivity contribution in [3.63, 3.8) is 0 Å². The van der Waals surface area contributed by atoms with E-state index in [-0.39, 0.29) is 23.1 Å². The van der Waals surface area contributed by atoms with E-state index in [1.165, 1.54) is 19.1 Å². The standard InChI is InChI=1S/C29H37N5O5S/c1-4-8-25(30-3)15-17-31-28(36)27(21-24-11-13-26(14-12-24)34(38)39)32-29(37)33(19-20-40-22(2)35)18-16-23-9-6-5-7-10-23/h4-14,27H,15-21H2,1-3H3,(H,31,36)(H,32,37)/b8-4-,30-25?/t27-/m0/s1. The number of aliphatic imine (C=N–C) groups is 1. The Morgan fingerprint density at radius 3 is 2.38 bits per heavy atom. The monoisotopic (exact) mass is 567 g/mol. The Morgan fingerprint density at radius 2 is 1.77 bits per heavy atom. The molecule has 10 nitrogen and oxygen atoms in total. The van der Waals surface area contributed by atoms with Crippen LogP contribution in [-0.2, 0) is 22.4 Å². The Labute approximate surface area is 239 Å². The maximum absolute atomic E-state index is 13.4. The topological polar surface area (TPSA) is 134 Å². The quantitative estimate of drug-likeness (QED) is 0.188. The van der Waals surface area contributed by atoms with Crippen LogP contribution in [0, 0.1) is 10.1 Å². The second-order valence-electron chi connectivity index (χ2n) is 8.95. The molecule has 0 aliphatic heterocycles. The van der Waals surface area contributed by atoms with E-state index in [2.05, 4.69) is 15.6 Å². The van der Waals surface area contributed by atoms with Gasteiger partial charge in [0.2, 0.25) is 5.91 Å². The van der Waals surface area contributed by atoms with Crippen LogP contribution in [0.25, 0.3) is 0 Å². The molecule has 0 aromatic heterocycles. The number of benzene rings is 2. The predicted molar refractivity (Wildman–Crippen MR) is 160 cm³/mol. The molecule has 0 aliphatic rings. The van der Waals surface area contributed by atoms with Gasteiger partial charge in [-0.05, 0) is 30.5 Å². The fourth-order valence-corrected chi connectivity index (χ4v) is 4.46. The molecule has 0 radical (unpaired) electrons. The van der Waals surface area contributed by atoms with E-state index in [1.807, 2.05) is 49.4 Å². The summed E-state index contributed by atoms with van der Waals surface area (Å²) in [6, 6.07) is 14.3. The number of thioether (sulfide) groups is 1. The maximum Gasteiger partial charge on any atom is 0.318 e. The summed E-state index contributed by atoms with van der Waals surface area (Å²) in [5.74, 6) is 0.0599. The van der Waals surface area contributed by atoms with E-state index in [4.69, 9.17) is 0 Å². The van der Waals surface area contributed by atoms with Gasteiger partial charge in [0.15, 0.2) is 5.12 Å². The van der Waals surface area contributed by atoms with Gasteiger partial charge >= 0.3 is 6.03 Å². The summed E-state index contributed by atoms with van der Waals surface area (Å²) in [5, 5.41) is 16.7. The Morgan fingerprint density at radius 1 is 1.07 bits per heavy atom. The largest absolute Gasteiger partial charge is 0.354 e. The van der Waals surface area contributed by atoms with Gasteiger partial charge in [-0.25, -0.2) is 4.79 Å². The van der Waals surface area contributed by atoms with E-state index < -0.39 is 17.0 Å². The Hall–Kier alpha value is -3.99. The number of allylic oxidation sites excluding steroid dienone is 2. The number of hydrogen-bond acceptors (Lipinski definition) is 7. The van der Waals surface area contributed by atoms with Gasteiger partial charge in [-0.3, -0.25) is 24.7 Å². The van der Waals surface area contributed by atoms with Crippen LogP contribution in [0.2, 0.25) is 0 Å². The van der Waals surface area contributed by atoms with Crippen LogP contribution >= 0.6 is 11.8 Å². The molecule has 11 heteroatoms. The van der Waals surface area contributed by atoms with E-state index in [9.17, 15) is 24.5 Å². The van der Waals surface area contributed by atoms with Crippen LogP contribution in [0.4, 0.5) is 10.5 Å². The van der Waals surface area contributed by atoms with Crippen molar-refractivity contribution >= 4 is 40.2 Å². The first-order valence-corrected chi connectivity index (χ1v) is 14.0. The summed E-state index contributed by atoms with van der Waals surface area (Å²) in [6.07, 6.45) is 5.02. The maximum atomic E-state index is 13.4. The number of nitrogens with one attached hydrogen (secondary N) is 2. The predicted octanol–water partition coefficient (Wildman–Crippen LogP) is 4.19. The van der Waals surface area contributed by atoms with Crippen LogP contribution in [0.15, 0.2) is 71.7 Å². The molecule has 214 valence electrons. The number of urea groups is 1. The molecule has 40 heavy (non-hydrogen) atoms. The normalized spacial score (nSPS) is 12.1. The van der Waals surface area contributed by atoms with Crippen molar-refractivity contribution in [3.05, 3.63) is 88.0 Å². The Balaban J connectivity index is 2.18. The minimum absolute atomic E-state index is 0.0354. The molecule has 0 saturated heterocycles. The minimum atomic E-state index is -0.919. The molecule has 0 aliphatic carbocycles. The second kappa shape index (κ2) is 17.6. The number of nitro benzene ring substituents is 1. The first-order valence-electron chi connectivity index (χ1n) is 13.1. The highest BCUT2D eigenvalue weighted by atomic mass is 32.2. The molecule has 2 aromatic rings. The lowest BCUT2D eigenvalue weighted by Gasteiger charge is -2.26. The molecule has 0 heterocycles. The first-order chi connectivity index (χ1) is 19.2. The number of rotatable bonds is 15. The molecule has 1 atom stereocenters. The van der Waals surface area contributed by atoms with Gasteiger partial charge in [-0.1, -0.05) is 60.3 Å². The Kier molecular flexibility index (Phi) is 14.2. The molecule has 0 spiro atoms. The first kappa shape index (κ1) is 32.2. The molecule has 0 fully saturated rings. The number of carbonyl (C=O) groups is 3. The van der Waals surface area contributed by atoms with Crippen molar-refractivity contribution in [3.8, 4) is 0 Å². The number of nitro groups is 1. The minimum Gasteiger partial charge on any atom is -0.354 e. The van der Waals surface area contributed by atoms with Crippen molar-refractivity contribution in [2.45, 2.75) is 39.2 Å². The van der Waals surface area contributed by atoms with Gasteiger partial charge in [0, 0.05) is 70.0 Å². The van der Waals surface area contributed by atoms with Gasteiger partial charge in [0.05, 0.1) is 4.92 Å². The summed E-state index contributed by atoms with van der Waals surface area (Å²) in [6.45, 7) is 4.43. The van der Waals surface area contributed by atoms with Gasteiger partial charge < -0.3 is 15.5 Å². The zero-order valence-electron chi connectivity index (χ0n) is 23.2. The van der Waals surface area contributed by atoms with Gasteiger partial charge in [-0.15, -0.1) is 0 Å². The summed E-state index contributed by atoms with van der Waals surface area (Å²) in [4.78, 5) is 54.5. The van der Waals surface area contributed by atoms with Crippen LogP contribution in [0.1, 0.15) is 31.4 Å². The zero-order chi connectivity index (χ0) is 29.3. The molecule has 2 rings (SSSR count). The lowest BCUT2D eigenvalue weighted by Crippen LogP contribution is -2.53. The van der Waals surface area contributed by atoms with Crippen molar-refractivity contribution in [2.24, 2.45) is 4.99 Å². The number of amides is 3. The molecule has 0 unspecified atom stereocenters. The molecular formula is C29H37N5O5S. The summed E-state index contributed by atoms with van der Waals surface area (Å²) < 4.78 is 0. The van der Waals surface area contributed by atoms with Crippen LogP contribution < -0.4 is 10.6 Å². The number of nitrogens with zero attached hydrogens (tertiary/aromatic N) is 3. The third-order valence-electron chi connectivity index (χ3n) is 5.99. The molecule has 0 bridgehead atoms. The van der Waals surface area contributed by atoms with Crippen LogP contribution in [0.5, 0.6) is 0 Å². The van der Waals surface area contributed by atoms with E-state index >= 15 is 0 Å². The zero-order valence-corrected chi connectivity index (χ0v) is 24.0. The third kappa shape index (κ3) is 11.8. The SMILES string of the molecule is C/C=C\C(CCNC(=O)[C@H](Cc1ccc([N+](=O)[O-])cc1)NC(=O)N(CCSC(C)=O)CCc1ccccc1)=NC. The van der Waals surface area contributed by atoms with Gasteiger partial charge in [-0.2, -0.15) is 0 Å². The van der Waals surface area contributed by atoms with Crippen molar-refractivity contribution < 1.29 is 19.3 Å². The molecule has 2 aromatic carbocycles. The molecule has 2 N–H and O–H groups in total. The number of non-ortho nitro benzene ring substituents is 1. The number of hydrogen-bond donors (Lipinski definition) is 2. The van der Waals surface area contributed by atoms with Gasteiger partial charge in [0.25, 0.3) is 5.69 Å². The molecular weight excluding hydrogens is 530 g/mol. The van der Waals surface area contributed by atoms with Crippen molar-refractivity contribution in [1.82, 2.24) is 15.5 Å². The van der Waals surface area contributed by atoms with Crippen molar-refractivity contribution in [2.75, 3.05) is 32.4 Å². The lowest BCUT2D eigenvalue weighted by molar-refractivity contribution is -0.384. The summed E-state index contributed by atoms with van der Waals surface area (Å²) in [7, 11) is 1.68. The fourth-order valence-electron chi connectivity index (χ4n) is 3.86.